The van der Waals surface area contributed by atoms with Crippen LogP contribution in [0.2, 0.25) is 0 Å². The van der Waals surface area contributed by atoms with Crippen LogP contribution in [0.5, 0.6) is 0 Å². The summed E-state index contributed by atoms with van der Waals surface area (Å²) < 4.78 is 8.03. The molecule has 3 aromatic heterocycles. The average molecular weight is 751 g/mol. The number of benzene rings is 9. The molecule has 0 aliphatic rings. The van der Waals surface area contributed by atoms with Gasteiger partial charge in [0.25, 0.3) is 0 Å². The minimum atomic E-state index is 1.24. The lowest BCUT2D eigenvalue weighted by atomic mass is 9.95. The molecule has 0 saturated carbocycles. The fourth-order valence-electron chi connectivity index (χ4n) is 8.56. The monoisotopic (exact) mass is 750 g/mol. The predicted molar refractivity (Wildman–Crippen MR) is 244 cm³/mol. The van der Waals surface area contributed by atoms with Gasteiger partial charge in [0.1, 0.15) is 0 Å². The Morgan fingerprint density at radius 2 is 0.727 bits per heavy atom. The summed E-state index contributed by atoms with van der Waals surface area (Å²) in [6.07, 6.45) is 0. The summed E-state index contributed by atoms with van der Waals surface area (Å²) in [5, 5.41) is 10.5. The zero-order valence-corrected chi connectivity index (χ0v) is 32.0. The molecule has 0 saturated heterocycles. The highest BCUT2D eigenvalue weighted by Crippen LogP contribution is 2.44. The van der Waals surface area contributed by atoms with E-state index in [0.29, 0.717) is 0 Å². The van der Waals surface area contributed by atoms with Crippen LogP contribution in [0.15, 0.2) is 182 Å². The van der Waals surface area contributed by atoms with Crippen LogP contribution in [0.1, 0.15) is 0 Å². The third-order valence-electron chi connectivity index (χ3n) is 11.3. The SMILES string of the molecule is c1cc(-c2ccc3cc4c(cc3c2)sc2ccc(-c3cccc(-c5cccc6c5sc5ccccc56)c3)cc24)cc(-c2cccc3c2sc2ccccc23)c1. The average Bonchev–Trinajstić information content (AvgIpc) is 3.93. The molecule has 0 aliphatic carbocycles. The van der Waals surface area contributed by atoms with Gasteiger partial charge in [0.2, 0.25) is 0 Å². The van der Waals surface area contributed by atoms with Crippen molar-refractivity contribution in [3.05, 3.63) is 182 Å². The van der Waals surface area contributed by atoms with E-state index >= 15 is 0 Å². The molecule has 0 nitrogen and oxygen atoms in total. The first-order valence-electron chi connectivity index (χ1n) is 18.6. The summed E-state index contributed by atoms with van der Waals surface area (Å²) in [5.41, 5.74) is 10.1. The second-order valence-electron chi connectivity index (χ2n) is 14.4. The summed E-state index contributed by atoms with van der Waals surface area (Å²) in [6, 6.07) is 67.8. The summed E-state index contributed by atoms with van der Waals surface area (Å²) in [5.74, 6) is 0. The van der Waals surface area contributed by atoms with Crippen molar-refractivity contribution in [3.8, 4) is 44.5 Å². The molecule has 0 unspecified atom stereocenters. The van der Waals surface area contributed by atoms with Gasteiger partial charge in [-0.15, -0.1) is 34.0 Å². The molecule has 55 heavy (non-hydrogen) atoms. The standard InChI is InChI=1S/C52H30S3/c1-3-19-47-41(13-1)43-17-7-15-39(51(43)54-47)36-11-5-9-31(25-36)33-21-22-35-29-46-45-28-34(23-24-49(45)53-50(46)30-38(35)27-33)32-10-6-12-37(26-32)40-16-8-18-44-42-14-2-4-20-48(42)55-52(40)44/h1-30H. The summed E-state index contributed by atoms with van der Waals surface area (Å²) in [6.45, 7) is 0. The van der Waals surface area contributed by atoms with E-state index in [1.165, 1.54) is 116 Å². The van der Waals surface area contributed by atoms with E-state index < -0.39 is 0 Å². The van der Waals surface area contributed by atoms with Crippen molar-refractivity contribution >= 4 is 105 Å². The van der Waals surface area contributed by atoms with Gasteiger partial charge in [-0.25, -0.2) is 0 Å². The molecule has 9 aromatic carbocycles. The van der Waals surface area contributed by atoms with Crippen molar-refractivity contribution in [2.75, 3.05) is 0 Å². The van der Waals surface area contributed by atoms with E-state index in [1.54, 1.807) is 0 Å². The van der Waals surface area contributed by atoms with Gasteiger partial charge in [0.15, 0.2) is 0 Å². The summed E-state index contributed by atoms with van der Waals surface area (Å²) >= 11 is 5.67. The maximum atomic E-state index is 2.40. The molecule has 256 valence electrons. The third kappa shape index (κ3) is 5.01. The number of thiophene rings is 3. The highest BCUT2D eigenvalue weighted by molar-refractivity contribution is 7.27. The van der Waals surface area contributed by atoms with E-state index in [1.807, 2.05) is 34.0 Å². The maximum absolute atomic E-state index is 2.40. The topological polar surface area (TPSA) is 0 Å². The normalized spacial score (nSPS) is 12.0. The number of hydrogen-bond acceptors (Lipinski definition) is 3. The van der Waals surface area contributed by atoms with Gasteiger partial charge in [-0.3, -0.25) is 0 Å². The smallest absolute Gasteiger partial charge is 0.0433 e. The molecule has 0 aliphatic heterocycles. The van der Waals surface area contributed by atoms with Gasteiger partial charge in [-0.2, -0.15) is 0 Å². The quantitative estimate of drug-likeness (QED) is 0.168. The Labute approximate surface area is 329 Å². The van der Waals surface area contributed by atoms with E-state index in [4.69, 9.17) is 0 Å². The Kier molecular flexibility index (Phi) is 6.94. The van der Waals surface area contributed by atoms with Gasteiger partial charge >= 0.3 is 0 Å². The molecule has 0 radical (unpaired) electrons. The molecule has 3 heteroatoms. The third-order valence-corrected chi connectivity index (χ3v) is 14.8. The number of rotatable bonds is 4. The molecule has 0 atom stereocenters. The van der Waals surface area contributed by atoms with Crippen molar-refractivity contribution in [2.24, 2.45) is 0 Å². The van der Waals surface area contributed by atoms with Crippen LogP contribution in [-0.2, 0) is 0 Å². The Hall–Kier alpha value is -6.10. The van der Waals surface area contributed by atoms with Crippen LogP contribution in [0.3, 0.4) is 0 Å². The predicted octanol–water partition coefficient (Wildman–Crippen LogP) is 16.6. The largest absolute Gasteiger partial charge is 0.135 e. The minimum Gasteiger partial charge on any atom is -0.135 e. The Morgan fingerprint density at radius 3 is 1.38 bits per heavy atom. The van der Waals surface area contributed by atoms with Crippen molar-refractivity contribution in [3.63, 3.8) is 0 Å². The van der Waals surface area contributed by atoms with Crippen LogP contribution >= 0.6 is 34.0 Å². The molecule has 0 amide bonds. The molecule has 12 rings (SSSR count). The van der Waals surface area contributed by atoms with Gasteiger partial charge in [0, 0.05) is 60.5 Å². The fraction of sp³-hybridized carbons (Fsp3) is 0. The van der Waals surface area contributed by atoms with Crippen LogP contribution < -0.4 is 0 Å². The zero-order valence-electron chi connectivity index (χ0n) is 29.5. The molecule has 0 fully saturated rings. The van der Waals surface area contributed by atoms with Crippen molar-refractivity contribution in [2.45, 2.75) is 0 Å². The van der Waals surface area contributed by atoms with E-state index in [0.717, 1.165) is 0 Å². The number of fused-ring (bicyclic) bond motifs is 10. The molecular formula is C52H30S3. The van der Waals surface area contributed by atoms with Gasteiger partial charge in [-0.05, 0) is 110 Å². The Balaban J connectivity index is 0.912. The summed E-state index contributed by atoms with van der Waals surface area (Å²) in [4.78, 5) is 0. The van der Waals surface area contributed by atoms with E-state index in [9.17, 15) is 0 Å². The van der Waals surface area contributed by atoms with Gasteiger partial charge in [0.05, 0.1) is 0 Å². The summed E-state index contributed by atoms with van der Waals surface area (Å²) in [7, 11) is 0. The first-order chi connectivity index (χ1) is 27.2. The second kappa shape index (κ2) is 12.2. The maximum Gasteiger partial charge on any atom is 0.0433 e. The van der Waals surface area contributed by atoms with Gasteiger partial charge in [-0.1, -0.05) is 127 Å². The lowest BCUT2D eigenvalue weighted by molar-refractivity contribution is 1.63. The molecule has 0 spiro atoms. The fourth-order valence-corrected chi connectivity index (χ4v) is 12.2. The zero-order chi connectivity index (χ0) is 36.0. The van der Waals surface area contributed by atoms with Crippen LogP contribution in [-0.4, -0.2) is 0 Å². The van der Waals surface area contributed by atoms with Crippen LogP contribution in [0, 0.1) is 0 Å². The first kappa shape index (κ1) is 31.3. The Bertz CT molecular complexity index is 3500. The first-order valence-corrected chi connectivity index (χ1v) is 21.1. The highest BCUT2D eigenvalue weighted by atomic mass is 32.1. The molecule has 3 heterocycles. The highest BCUT2D eigenvalue weighted by Gasteiger charge is 2.14. The van der Waals surface area contributed by atoms with Crippen LogP contribution in [0.25, 0.3) is 116 Å². The molecule has 12 aromatic rings. The lowest BCUT2D eigenvalue weighted by Gasteiger charge is -2.09. The molecular weight excluding hydrogens is 721 g/mol. The minimum absolute atomic E-state index is 1.24. The van der Waals surface area contributed by atoms with E-state index in [-0.39, 0.29) is 0 Å². The van der Waals surface area contributed by atoms with Gasteiger partial charge < -0.3 is 0 Å². The van der Waals surface area contributed by atoms with Crippen molar-refractivity contribution in [1.82, 2.24) is 0 Å². The number of hydrogen-bond donors (Lipinski definition) is 0. The van der Waals surface area contributed by atoms with Crippen molar-refractivity contribution < 1.29 is 0 Å². The lowest BCUT2D eigenvalue weighted by Crippen LogP contribution is -1.83. The molecule has 0 bridgehead atoms. The van der Waals surface area contributed by atoms with E-state index in [2.05, 4.69) is 182 Å². The Morgan fingerprint density at radius 1 is 0.236 bits per heavy atom. The molecule has 0 N–H and O–H groups in total. The van der Waals surface area contributed by atoms with Crippen LogP contribution in [0.4, 0.5) is 0 Å². The van der Waals surface area contributed by atoms with Crippen molar-refractivity contribution in [1.29, 1.82) is 0 Å². The second-order valence-corrected chi connectivity index (χ2v) is 17.6.